The molecule has 3 amide bonds. The number of amides is 3. The molecule has 2 aliphatic rings. The van der Waals surface area contributed by atoms with E-state index in [1.807, 2.05) is 13.8 Å². The lowest BCUT2D eigenvalue weighted by Gasteiger charge is -2.26. The van der Waals surface area contributed by atoms with Gasteiger partial charge in [0.1, 0.15) is 0 Å². The molecule has 0 unspecified atom stereocenters. The zero-order chi connectivity index (χ0) is 23.4. The van der Waals surface area contributed by atoms with Gasteiger partial charge in [0, 0.05) is 24.9 Å². The van der Waals surface area contributed by atoms with Crippen molar-refractivity contribution in [3.8, 4) is 5.75 Å². The van der Waals surface area contributed by atoms with Crippen LogP contribution in [0.2, 0.25) is 0 Å². The lowest BCUT2D eigenvalue weighted by Crippen LogP contribution is -2.49. The van der Waals surface area contributed by atoms with Gasteiger partial charge in [-0.15, -0.1) is 0 Å². The molecule has 1 aliphatic heterocycles. The standard InChI is InChI=1S/C23H33FN2O5S/c1-17(2)15-31-20-14-18(6-7-19(20)24)23(9-10-23)16-32(29,30)13-5-3-4-11-26-12-8-21(27)25-22(26)28/h6-7,14,17H,3-5,8-13,15-16H2,1-2H3,(H,25,27,28). The fourth-order valence-corrected chi connectivity index (χ4v) is 6.06. The van der Waals surface area contributed by atoms with Gasteiger partial charge >= 0.3 is 6.03 Å². The molecule has 2 fully saturated rings. The molecule has 1 saturated heterocycles. The maximum absolute atomic E-state index is 14.1. The van der Waals surface area contributed by atoms with Crippen molar-refractivity contribution in [2.45, 2.75) is 57.8 Å². The maximum Gasteiger partial charge on any atom is 0.324 e. The Morgan fingerprint density at radius 2 is 1.94 bits per heavy atom. The third kappa shape index (κ3) is 6.67. The zero-order valence-corrected chi connectivity index (χ0v) is 19.7. The zero-order valence-electron chi connectivity index (χ0n) is 18.9. The van der Waals surface area contributed by atoms with Crippen molar-refractivity contribution in [2.24, 2.45) is 5.92 Å². The van der Waals surface area contributed by atoms with Crippen molar-refractivity contribution in [1.82, 2.24) is 10.2 Å². The van der Waals surface area contributed by atoms with Gasteiger partial charge in [0.15, 0.2) is 21.4 Å². The van der Waals surface area contributed by atoms with Crippen molar-refractivity contribution >= 4 is 21.8 Å². The molecule has 3 rings (SSSR count). The Morgan fingerprint density at radius 3 is 2.59 bits per heavy atom. The first-order chi connectivity index (χ1) is 15.1. The van der Waals surface area contributed by atoms with E-state index in [0.29, 0.717) is 45.4 Å². The van der Waals surface area contributed by atoms with Crippen LogP contribution < -0.4 is 10.1 Å². The Labute approximate surface area is 189 Å². The number of sulfone groups is 1. The van der Waals surface area contributed by atoms with Crippen molar-refractivity contribution in [3.05, 3.63) is 29.6 Å². The Kier molecular flexibility index (Phi) is 7.79. The van der Waals surface area contributed by atoms with Gasteiger partial charge in [-0.2, -0.15) is 0 Å². The number of ether oxygens (including phenoxy) is 1. The molecule has 1 heterocycles. The van der Waals surface area contributed by atoms with Crippen LogP contribution >= 0.6 is 0 Å². The number of nitrogens with one attached hydrogen (secondary N) is 1. The minimum absolute atomic E-state index is 0.0614. The number of hydrogen-bond acceptors (Lipinski definition) is 5. The quantitative estimate of drug-likeness (QED) is 0.475. The predicted octanol–water partition coefficient (Wildman–Crippen LogP) is 3.42. The van der Waals surface area contributed by atoms with Gasteiger partial charge in [0.05, 0.1) is 18.1 Å². The number of benzene rings is 1. The van der Waals surface area contributed by atoms with E-state index in [1.165, 1.54) is 6.07 Å². The number of urea groups is 1. The van der Waals surface area contributed by atoms with E-state index in [-0.39, 0.29) is 35.1 Å². The van der Waals surface area contributed by atoms with Crippen molar-refractivity contribution in [3.63, 3.8) is 0 Å². The minimum atomic E-state index is -3.27. The first-order valence-corrected chi connectivity index (χ1v) is 13.1. The Hall–Kier alpha value is -2.16. The molecule has 1 saturated carbocycles. The number of unbranched alkanes of at least 4 members (excludes halogenated alkanes) is 2. The molecule has 1 aliphatic carbocycles. The predicted molar refractivity (Wildman–Crippen MR) is 120 cm³/mol. The van der Waals surface area contributed by atoms with E-state index in [2.05, 4.69) is 5.32 Å². The lowest BCUT2D eigenvalue weighted by atomic mass is 9.98. The highest BCUT2D eigenvalue weighted by atomic mass is 32.2. The topological polar surface area (TPSA) is 92.8 Å². The Balaban J connectivity index is 1.48. The number of imide groups is 1. The molecule has 0 radical (unpaired) electrons. The molecular formula is C23H33FN2O5S. The summed E-state index contributed by atoms with van der Waals surface area (Å²) in [5, 5.41) is 2.28. The summed E-state index contributed by atoms with van der Waals surface area (Å²) in [6.45, 7) is 5.29. The van der Waals surface area contributed by atoms with E-state index >= 15 is 0 Å². The van der Waals surface area contributed by atoms with E-state index in [9.17, 15) is 22.4 Å². The molecule has 1 aromatic carbocycles. The van der Waals surface area contributed by atoms with Crippen LogP contribution in [0.3, 0.4) is 0 Å². The molecular weight excluding hydrogens is 435 g/mol. The van der Waals surface area contributed by atoms with Crippen molar-refractivity contribution < 1.29 is 27.1 Å². The summed E-state index contributed by atoms with van der Waals surface area (Å²) in [4.78, 5) is 24.5. The van der Waals surface area contributed by atoms with Crippen molar-refractivity contribution in [1.29, 1.82) is 0 Å². The van der Waals surface area contributed by atoms with Gasteiger partial charge in [0.25, 0.3) is 0 Å². The molecule has 178 valence electrons. The number of hydrogen-bond donors (Lipinski definition) is 1. The fraction of sp³-hybridized carbons (Fsp3) is 0.652. The molecule has 0 aromatic heterocycles. The number of nitrogens with zero attached hydrogens (tertiary/aromatic N) is 1. The average Bonchev–Trinajstić information content (AvgIpc) is 3.48. The van der Waals surface area contributed by atoms with E-state index in [4.69, 9.17) is 4.74 Å². The van der Waals surface area contributed by atoms with Crippen molar-refractivity contribution in [2.75, 3.05) is 31.2 Å². The van der Waals surface area contributed by atoms with E-state index in [1.54, 1.807) is 17.0 Å². The molecule has 9 heteroatoms. The summed E-state index contributed by atoms with van der Waals surface area (Å²) in [5.41, 5.74) is 0.382. The summed E-state index contributed by atoms with van der Waals surface area (Å²) in [5.74, 6) is -0.0854. The van der Waals surface area contributed by atoms with Gasteiger partial charge in [0.2, 0.25) is 5.91 Å². The Morgan fingerprint density at radius 1 is 1.19 bits per heavy atom. The highest BCUT2D eigenvalue weighted by Crippen LogP contribution is 2.50. The van der Waals surface area contributed by atoms with Gasteiger partial charge < -0.3 is 9.64 Å². The third-order valence-electron chi connectivity index (χ3n) is 5.99. The lowest BCUT2D eigenvalue weighted by molar-refractivity contribution is -0.121. The Bertz CT molecular complexity index is 944. The van der Waals surface area contributed by atoms with Gasteiger partial charge in [-0.1, -0.05) is 26.3 Å². The average molecular weight is 469 g/mol. The van der Waals surface area contributed by atoms with Gasteiger partial charge in [-0.3, -0.25) is 10.1 Å². The molecule has 0 spiro atoms. The monoisotopic (exact) mass is 468 g/mol. The largest absolute Gasteiger partial charge is 0.490 e. The summed E-state index contributed by atoms with van der Waals surface area (Å²) in [7, 11) is -3.27. The highest BCUT2D eigenvalue weighted by molar-refractivity contribution is 7.91. The van der Waals surface area contributed by atoms with Crippen LogP contribution in [-0.4, -0.2) is 56.5 Å². The number of carbonyl (C=O) groups excluding carboxylic acids is 2. The molecule has 0 bridgehead atoms. The van der Waals surface area contributed by atoms with Crippen LogP contribution in [0.4, 0.5) is 9.18 Å². The van der Waals surface area contributed by atoms with Crippen LogP contribution in [0.25, 0.3) is 0 Å². The van der Waals surface area contributed by atoms with Crippen LogP contribution in [-0.2, 0) is 20.0 Å². The first kappa shape index (κ1) is 24.5. The van der Waals surface area contributed by atoms with Crippen LogP contribution in [0, 0.1) is 11.7 Å². The van der Waals surface area contributed by atoms with Crippen LogP contribution in [0.1, 0.15) is 57.9 Å². The smallest absolute Gasteiger partial charge is 0.324 e. The molecule has 1 aromatic rings. The molecule has 1 N–H and O–H groups in total. The molecule has 7 nitrogen and oxygen atoms in total. The van der Waals surface area contributed by atoms with Crippen LogP contribution in [0.15, 0.2) is 18.2 Å². The normalized spacial score (nSPS) is 18.1. The third-order valence-corrected chi connectivity index (χ3v) is 7.89. The molecule has 0 atom stereocenters. The second kappa shape index (κ2) is 10.2. The summed E-state index contributed by atoms with van der Waals surface area (Å²) in [6, 6.07) is 4.33. The number of rotatable bonds is 12. The highest BCUT2D eigenvalue weighted by Gasteiger charge is 2.47. The van der Waals surface area contributed by atoms with E-state index in [0.717, 1.165) is 18.4 Å². The SMILES string of the molecule is CC(C)COc1cc(C2(CS(=O)(=O)CCCCCN3CCC(=O)NC3=O)CC2)ccc1F. The summed E-state index contributed by atoms with van der Waals surface area (Å²) < 4.78 is 45.2. The fourth-order valence-electron chi connectivity index (χ4n) is 3.97. The second-order valence-corrected chi connectivity index (χ2v) is 11.6. The maximum atomic E-state index is 14.1. The summed E-state index contributed by atoms with van der Waals surface area (Å²) in [6.07, 6.45) is 3.74. The number of halogens is 1. The number of carbonyl (C=O) groups is 2. The van der Waals surface area contributed by atoms with Gasteiger partial charge in [-0.25, -0.2) is 17.6 Å². The minimum Gasteiger partial charge on any atom is -0.490 e. The van der Waals surface area contributed by atoms with Crippen LogP contribution in [0.5, 0.6) is 5.75 Å². The van der Waals surface area contributed by atoms with Gasteiger partial charge in [-0.05, 0) is 49.3 Å². The first-order valence-electron chi connectivity index (χ1n) is 11.3. The second-order valence-electron chi connectivity index (χ2n) is 9.37. The molecule has 32 heavy (non-hydrogen) atoms. The van der Waals surface area contributed by atoms with E-state index < -0.39 is 21.1 Å². The summed E-state index contributed by atoms with van der Waals surface area (Å²) >= 11 is 0.